The molecule has 0 aliphatic carbocycles. The summed E-state index contributed by atoms with van der Waals surface area (Å²) in [6.45, 7) is 1.38. The molecule has 0 radical (unpaired) electrons. The Labute approximate surface area is 165 Å². The molecule has 20 heavy (non-hydrogen) atoms. The Balaban J connectivity index is 0. The maximum absolute atomic E-state index is 10.8. The van der Waals surface area contributed by atoms with Crippen LogP contribution in [-0.2, 0) is 20.4 Å². The van der Waals surface area contributed by atoms with Crippen LogP contribution in [0, 0.1) is 6.92 Å². The molecule has 8 nitrogen and oxygen atoms in total. The molecule has 13 heteroatoms. The molecular formula is C7H7ClN2Na2O6S2. The quantitative estimate of drug-likeness (QED) is 0.309. The van der Waals surface area contributed by atoms with Gasteiger partial charge in [-0.2, -0.15) is 0 Å². The van der Waals surface area contributed by atoms with E-state index in [0.29, 0.717) is 0 Å². The standard InChI is InChI=1S/C7H9ClN2O6S2.2Na/c1-4-2-5(17(11,12)13)3-6(8)7(4)9-10-18(14,15)16;;/h2-3,9-10H,1H3,(H,11,12,13)(H,14,15,16);;/q;2*+1/p-2. The predicted octanol–water partition coefficient (Wildman–Crippen LogP) is -6.06. The van der Waals surface area contributed by atoms with Gasteiger partial charge in [-0.05, 0) is 24.6 Å². The van der Waals surface area contributed by atoms with Crippen LogP contribution in [0.5, 0.6) is 0 Å². The van der Waals surface area contributed by atoms with Gasteiger partial charge < -0.3 is 14.5 Å². The van der Waals surface area contributed by atoms with Gasteiger partial charge in [0.2, 0.25) is 0 Å². The van der Waals surface area contributed by atoms with Crippen molar-refractivity contribution in [1.82, 2.24) is 4.83 Å². The van der Waals surface area contributed by atoms with Crippen LogP contribution >= 0.6 is 11.6 Å². The van der Waals surface area contributed by atoms with Crippen molar-refractivity contribution in [3.05, 3.63) is 22.7 Å². The summed E-state index contributed by atoms with van der Waals surface area (Å²) in [4.78, 5) is 0.878. The van der Waals surface area contributed by atoms with E-state index in [9.17, 15) is 25.9 Å². The van der Waals surface area contributed by atoms with Crippen LogP contribution in [-0.4, -0.2) is 25.9 Å². The Morgan fingerprint density at radius 2 is 1.60 bits per heavy atom. The zero-order valence-corrected chi connectivity index (χ0v) is 17.2. The monoisotopic (exact) mass is 360 g/mol. The Morgan fingerprint density at radius 1 is 1.10 bits per heavy atom. The summed E-state index contributed by atoms with van der Waals surface area (Å²) >= 11 is 5.67. The average molecular weight is 361 g/mol. The fourth-order valence-electron chi connectivity index (χ4n) is 1.13. The zero-order chi connectivity index (χ0) is 14.1. The summed E-state index contributed by atoms with van der Waals surface area (Å²) < 4.78 is 63.3. The first-order valence-corrected chi connectivity index (χ1v) is 7.45. The topological polar surface area (TPSA) is 138 Å². The summed E-state index contributed by atoms with van der Waals surface area (Å²) in [5.41, 5.74) is 2.17. The Bertz CT molecular complexity index is 656. The molecule has 0 aliphatic rings. The van der Waals surface area contributed by atoms with Crippen LogP contribution < -0.4 is 69.4 Å². The Hall–Kier alpha value is 1.09. The third-order valence-electron chi connectivity index (χ3n) is 1.85. The number of rotatable bonds is 4. The third-order valence-corrected chi connectivity index (χ3v) is 3.31. The zero-order valence-electron chi connectivity index (χ0n) is 10.8. The van der Waals surface area contributed by atoms with E-state index in [4.69, 9.17) is 11.6 Å². The van der Waals surface area contributed by atoms with E-state index < -0.39 is 25.3 Å². The summed E-state index contributed by atoms with van der Waals surface area (Å²) in [6, 6.07) is 1.84. The molecule has 0 saturated carbocycles. The van der Waals surface area contributed by atoms with E-state index in [1.807, 2.05) is 5.43 Å². The molecule has 0 saturated heterocycles. The minimum absolute atomic E-state index is 0. The van der Waals surface area contributed by atoms with Crippen LogP contribution in [0.3, 0.4) is 0 Å². The van der Waals surface area contributed by atoms with Gasteiger partial charge in [-0.3, -0.25) is 0 Å². The Morgan fingerprint density at radius 3 is 1.95 bits per heavy atom. The summed E-state index contributed by atoms with van der Waals surface area (Å²) in [7, 11) is -9.41. The normalized spacial score (nSPS) is 11.2. The number of anilines is 1. The van der Waals surface area contributed by atoms with Gasteiger partial charge in [-0.1, -0.05) is 11.6 Å². The van der Waals surface area contributed by atoms with Gasteiger partial charge in [0.05, 0.1) is 15.6 Å². The van der Waals surface area contributed by atoms with Crippen molar-refractivity contribution in [3.8, 4) is 0 Å². The van der Waals surface area contributed by atoms with Gasteiger partial charge in [0.1, 0.15) is 10.1 Å². The maximum atomic E-state index is 10.8. The van der Waals surface area contributed by atoms with E-state index in [0.717, 1.165) is 12.1 Å². The first-order valence-electron chi connectivity index (χ1n) is 4.25. The van der Waals surface area contributed by atoms with Crippen molar-refractivity contribution in [2.45, 2.75) is 11.8 Å². The van der Waals surface area contributed by atoms with Crippen molar-refractivity contribution < 1.29 is 85.1 Å². The van der Waals surface area contributed by atoms with Gasteiger partial charge >= 0.3 is 59.1 Å². The van der Waals surface area contributed by atoms with Gasteiger partial charge in [0.15, 0.2) is 10.3 Å². The molecule has 2 N–H and O–H groups in total. The van der Waals surface area contributed by atoms with Crippen molar-refractivity contribution in [1.29, 1.82) is 0 Å². The number of hydrazine groups is 1. The molecule has 0 aromatic heterocycles. The van der Waals surface area contributed by atoms with Crippen LogP contribution in [0.1, 0.15) is 5.56 Å². The van der Waals surface area contributed by atoms with Crippen molar-refractivity contribution in [3.63, 3.8) is 0 Å². The van der Waals surface area contributed by atoms with Crippen LogP contribution in [0.15, 0.2) is 17.0 Å². The average Bonchev–Trinajstić information content (AvgIpc) is 2.12. The number of aryl methyl sites for hydroxylation is 1. The van der Waals surface area contributed by atoms with E-state index in [1.165, 1.54) is 11.8 Å². The van der Waals surface area contributed by atoms with Gasteiger partial charge in [-0.25, -0.2) is 16.8 Å². The first kappa shape index (κ1) is 23.4. The van der Waals surface area contributed by atoms with Crippen molar-refractivity contribution >= 4 is 37.7 Å². The van der Waals surface area contributed by atoms with Crippen LogP contribution in [0.2, 0.25) is 5.02 Å². The van der Waals surface area contributed by atoms with Gasteiger partial charge in [-0.15, -0.1) is 4.83 Å². The molecular weight excluding hydrogens is 354 g/mol. The summed E-state index contributed by atoms with van der Waals surface area (Å²) in [5, 5.41) is -0.222. The number of benzene rings is 1. The second-order valence-corrected chi connectivity index (χ2v) is 6.13. The van der Waals surface area contributed by atoms with Crippen molar-refractivity contribution in [2.75, 3.05) is 5.43 Å². The molecule has 0 fully saturated rings. The predicted molar refractivity (Wildman–Crippen MR) is 60.6 cm³/mol. The molecule has 0 atom stereocenters. The number of nitrogens with one attached hydrogen (secondary N) is 2. The van der Waals surface area contributed by atoms with Crippen molar-refractivity contribution in [2.24, 2.45) is 0 Å². The SMILES string of the molecule is Cc1cc(S(=O)(=O)[O-])cc(Cl)c1NNS(=O)(=O)[O-].[Na+].[Na+]. The second kappa shape index (κ2) is 8.65. The molecule has 1 rings (SSSR count). The molecule has 102 valence electrons. The minimum Gasteiger partial charge on any atom is -0.744 e. The minimum atomic E-state index is -4.74. The fraction of sp³-hybridized carbons (Fsp3) is 0.143. The molecule has 0 spiro atoms. The summed E-state index contributed by atoms with van der Waals surface area (Å²) in [6.07, 6.45) is 0. The first-order chi connectivity index (χ1) is 8.00. The number of halogens is 1. The molecule has 0 aliphatic heterocycles. The molecule has 0 unspecified atom stereocenters. The van der Waals surface area contributed by atoms with Gasteiger partial charge in [0.25, 0.3) is 0 Å². The van der Waals surface area contributed by atoms with Crippen LogP contribution in [0.25, 0.3) is 0 Å². The van der Waals surface area contributed by atoms with Crippen LogP contribution in [0.4, 0.5) is 5.69 Å². The fourth-order valence-corrected chi connectivity index (χ4v) is 2.32. The van der Waals surface area contributed by atoms with E-state index in [1.54, 1.807) is 0 Å². The van der Waals surface area contributed by atoms with E-state index in [2.05, 4.69) is 0 Å². The maximum Gasteiger partial charge on any atom is 1.00 e. The van der Waals surface area contributed by atoms with E-state index >= 15 is 0 Å². The molecule has 1 aromatic rings. The van der Waals surface area contributed by atoms with Gasteiger partial charge in [0, 0.05) is 0 Å². The smallest absolute Gasteiger partial charge is 0.744 e. The Kier molecular flexibility index (Phi) is 10.1. The second-order valence-electron chi connectivity index (χ2n) is 3.23. The number of hydrogen-bond donors (Lipinski definition) is 2. The summed E-state index contributed by atoms with van der Waals surface area (Å²) in [5.74, 6) is 0. The third kappa shape index (κ3) is 7.38. The molecule has 0 amide bonds. The van der Waals surface area contributed by atoms with E-state index in [-0.39, 0.29) is 75.4 Å². The molecule has 0 bridgehead atoms. The largest absolute Gasteiger partial charge is 1.00 e. The molecule has 0 heterocycles. The number of hydrogen-bond acceptors (Lipinski definition) is 7. The molecule has 1 aromatic carbocycles.